The summed E-state index contributed by atoms with van der Waals surface area (Å²) in [6, 6.07) is 21.5. The molecule has 0 saturated carbocycles. The van der Waals surface area contributed by atoms with Crippen molar-refractivity contribution in [1.29, 1.82) is 0 Å². The number of carbonyl (C=O) groups excluding carboxylic acids is 1. The highest BCUT2D eigenvalue weighted by Crippen LogP contribution is 2.34. The van der Waals surface area contributed by atoms with Crippen molar-refractivity contribution < 1.29 is 9.53 Å². The second-order valence-corrected chi connectivity index (χ2v) is 8.57. The summed E-state index contributed by atoms with van der Waals surface area (Å²) in [6.45, 7) is 2.22. The Morgan fingerprint density at radius 2 is 1.72 bits per heavy atom. The minimum atomic E-state index is -0.156. The maximum Gasteiger partial charge on any atom is 0.319 e. The lowest BCUT2D eigenvalue weighted by Crippen LogP contribution is -2.64. The minimum absolute atomic E-state index is 0.137. The van der Waals surface area contributed by atoms with Crippen molar-refractivity contribution in [3.8, 4) is 11.5 Å². The number of para-hydroxylation sites is 1. The third kappa shape index (κ3) is 4.75. The molecular weight excluding hydrogens is 400 g/mol. The smallest absolute Gasteiger partial charge is 0.319 e. The van der Waals surface area contributed by atoms with Gasteiger partial charge in [-0.1, -0.05) is 24.3 Å². The van der Waals surface area contributed by atoms with Crippen LogP contribution in [0.5, 0.6) is 11.5 Å². The lowest BCUT2D eigenvalue weighted by atomic mass is 9.77. The standard InChI is InChI=1S/C26H28N4O2/c31-26(28-21-8-10-23(11-9-21)32-22-6-2-1-3-7-22)29-25-20-12-15-30(16-13-20)24(25)17-19-5-4-14-27-18-19/h1-11,14,18,20,24-25H,12-13,15-17H2,(H2,28,29,31)/t24-,25-/m1/s1. The monoisotopic (exact) mass is 428 g/mol. The largest absolute Gasteiger partial charge is 0.457 e. The first-order chi connectivity index (χ1) is 15.7. The summed E-state index contributed by atoms with van der Waals surface area (Å²) in [5.41, 5.74) is 1.96. The molecule has 4 heterocycles. The molecule has 6 heteroatoms. The van der Waals surface area contributed by atoms with Gasteiger partial charge in [-0.25, -0.2) is 4.79 Å². The Labute approximate surface area is 188 Å². The fraction of sp³-hybridized carbons (Fsp3) is 0.308. The Kier molecular flexibility index (Phi) is 6.03. The van der Waals surface area contributed by atoms with Gasteiger partial charge in [0.2, 0.25) is 0 Å². The van der Waals surface area contributed by atoms with Crippen molar-refractivity contribution in [2.75, 3.05) is 18.4 Å². The molecule has 32 heavy (non-hydrogen) atoms. The number of benzene rings is 2. The van der Waals surface area contributed by atoms with E-state index in [0.717, 1.165) is 49.5 Å². The van der Waals surface area contributed by atoms with Crippen LogP contribution in [0.3, 0.4) is 0 Å². The Morgan fingerprint density at radius 1 is 0.969 bits per heavy atom. The molecule has 3 aromatic rings. The summed E-state index contributed by atoms with van der Waals surface area (Å²) in [4.78, 5) is 19.6. The van der Waals surface area contributed by atoms with Gasteiger partial charge in [0.25, 0.3) is 0 Å². The van der Waals surface area contributed by atoms with Crippen molar-refractivity contribution in [2.24, 2.45) is 5.92 Å². The summed E-state index contributed by atoms with van der Waals surface area (Å²) >= 11 is 0. The van der Waals surface area contributed by atoms with E-state index in [-0.39, 0.29) is 12.1 Å². The Hall–Kier alpha value is -3.38. The van der Waals surface area contributed by atoms with Crippen LogP contribution in [-0.2, 0) is 6.42 Å². The maximum absolute atomic E-state index is 12.8. The van der Waals surface area contributed by atoms with Gasteiger partial charge in [0.1, 0.15) is 11.5 Å². The van der Waals surface area contributed by atoms with E-state index in [1.807, 2.05) is 66.9 Å². The van der Waals surface area contributed by atoms with Crippen LogP contribution in [0.15, 0.2) is 79.1 Å². The number of nitrogens with one attached hydrogen (secondary N) is 2. The average molecular weight is 429 g/mol. The first-order valence-electron chi connectivity index (χ1n) is 11.3. The molecule has 0 unspecified atom stereocenters. The third-order valence-electron chi connectivity index (χ3n) is 6.52. The van der Waals surface area contributed by atoms with Crippen LogP contribution >= 0.6 is 0 Å². The van der Waals surface area contributed by atoms with E-state index >= 15 is 0 Å². The molecule has 6 nitrogen and oxygen atoms in total. The van der Waals surface area contributed by atoms with Crippen molar-refractivity contribution in [2.45, 2.75) is 31.3 Å². The lowest BCUT2D eigenvalue weighted by Gasteiger charge is -2.51. The molecular formula is C26H28N4O2. The second kappa shape index (κ2) is 9.40. The molecule has 0 radical (unpaired) electrons. The third-order valence-corrected chi connectivity index (χ3v) is 6.52. The van der Waals surface area contributed by atoms with Gasteiger partial charge in [-0.2, -0.15) is 0 Å². The van der Waals surface area contributed by atoms with Crippen molar-refractivity contribution in [3.05, 3.63) is 84.7 Å². The average Bonchev–Trinajstić information content (AvgIpc) is 2.84. The number of anilines is 1. The number of piperidine rings is 3. The molecule has 1 aromatic heterocycles. The number of hydrogen-bond acceptors (Lipinski definition) is 4. The van der Waals surface area contributed by atoms with E-state index in [0.29, 0.717) is 12.0 Å². The van der Waals surface area contributed by atoms with Crippen LogP contribution in [0, 0.1) is 5.92 Å². The first kappa shape index (κ1) is 20.5. The van der Waals surface area contributed by atoms with Crippen LogP contribution in [-0.4, -0.2) is 41.1 Å². The summed E-state index contributed by atoms with van der Waals surface area (Å²) in [7, 11) is 0. The summed E-state index contributed by atoms with van der Waals surface area (Å²) < 4.78 is 5.82. The van der Waals surface area contributed by atoms with E-state index < -0.39 is 0 Å². The Morgan fingerprint density at radius 3 is 2.44 bits per heavy atom. The first-order valence-corrected chi connectivity index (χ1v) is 11.3. The van der Waals surface area contributed by atoms with Gasteiger partial charge in [-0.15, -0.1) is 0 Å². The molecule has 164 valence electrons. The minimum Gasteiger partial charge on any atom is -0.457 e. The van der Waals surface area contributed by atoms with E-state index in [2.05, 4.69) is 26.6 Å². The van der Waals surface area contributed by atoms with Gasteiger partial charge < -0.3 is 15.4 Å². The molecule has 2 amide bonds. The van der Waals surface area contributed by atoms with Gasteiger partial charge in [0.05, 0.1) is 0 Å². The molecule has 3 aliphatic rings. The number of rotatable bonds is 6. The number of amides is 2. The zero-order valence-corrected chi connectivity index (χ0v) is 18.0. The second-order valence-electron chi connectivity index (χ2n) is 8.57. The lowest BCUT2D eigenvalue weighted by molar-refractivity contribution is 0.0184. The molecule has 3 saturated heterocycles. The summed E-state index contributed by atoms with van der Waals surface area (Å²) in [5.74, 6) is 2.04. The zero-order valence-electron chi connectivity index (χ0n) is 18.0. The summed E-state index contributed by atoms with van der Waals surface area (Å²) in [5, 5.41) is 6.27. The number of fused-ring (bicyclic) bond motifs is 3. The van der Waals surface area contributed by atoms with Crippen LogP contribution in [0.1, 0.15) is 18.4 Å². The fourth-order valence-electron chi connectivity index (χ4n) is 4.93. The van der Waals surface area contributed by atoms with Crippen LogP contribution in [0.2, 0.25) is 0 Å². The SMILES string of the molecule is O=C(Nc1ccc(Oc2ccccc2)cc1)N[C@@H]1C2CCN(CC2)[C@@H]1Cc1cccnc1. The molecule has 0 spiro atoms. The highest BCUT2D eigenvalue weighted by molar-refractivity contribution is 5.89. The van der Waals surface area contributed by atoms with Gasteiger partial charge >= 0.3 is 6.03 Å². The number of aromatic nitrogens is 1. The van der Waals surface area contributed by atoms with Crippen LogP contribution in [0.4, 0.5) is 10.5 Å². The predicted molar refractivity (Wildman–Crippen MR) is 125 cm³/mol. The molecule has 0 aliphatic carbocycles. The molecule has 6 rings (SSSR count). The molecule has 3 aliphatic heterocycles. The number of pyridine rings is 1. The van der Waals surface area contributed by atoms with Gasteiger partial charge in [-0.05, 0) is 86.3 Å². The normalized spacial score (nSPS) is 24.0. The summed E-state index contributed by atoms with van der Waals surface area (Å²) in [6.07, 6.45) is 6.91. The van der Waals surface area contributed by atoms with Gasteiger partial charge in [-0.3, -0.25) is 9.88 Å². The number of nitrogens with zero attached hydrogens (tertiary/aromatic N) is 2. The highest BCUT2D eigenvalue weighted by atomic mass is 16.5. The van der Waals surface area contributed by atoms with Crippen molar-refractivity contribution in [3.63, 3.8) is 0 Å². The van der Waals surface area contributed by atoms with Gasteiger partial charge in [0.15, 0.2) is 0 Å². The predicted octanol–water partition coefficient (Wildman–Crippen LogP) is 4.70. The molecule has 3 fully saturated rings. The van der Waals surface area contributed by atoms with E-state index in [1.165, 1.54) is 5.56 Å². The molecule has 2 N–H and O–H groups in total. The van der Waals surface area contributed by atoms with Crippen molar-refractivity contribution in [1.82, 2.24) is 15.2 Å². The zero-order chi connectivity index (χ0) is 21.8. The quantitative estimate of drug-likeness (QED) is 0.597. The fourth-order valence-corrected chi connectivity index (χ4v) is 4.93. The molecule has 2 atom stereocenters. The topological polar surface area (TPSA) is 66.5 Å². The van der Waals surface area contributed by atoms with Gasteiger partial charge in [0, 0.05) is 30.2 Å². The molecule has 2 aromatic carbocycles. The Bertz CT molecular complexity index is 1020. The highest BCUT2D eigenvalue weighted by Gasteiger charge is 2.42. The van der Waals surface area contributed by atoms with Crippen LogP contribution in [0.25, 0.3) is 0 Å². The number of carbonyl (C=O) groups is 1. The van der Waals surface area contributed by atoms with E-state index in [1.54, 1.807) is 6.20 Å². The van der Waals surface area contributed by atoms with E-state index in [4.69, 9.17) is 4.74 Å². The van der Waals surface area contributed by atoms with E-state index in [9.17, 15) is 4.79 Å². The number of hydrogen-bond donors (Lipinski definition) is 2. The number of urea groups is 1. The number of ether oxygens (including phenoxy) is 1. The molecule has 2 bridgehead atoms. The maximum atomic E-state index is 12.8. The van der Waals surface area contributed by atoms with Crippen molar-refractivity contribution >= 4 is 11.7 Å². The van der Waals surface area contributed by atoms with Crippen LogP contribution < -0.4 is 15.4 Å². The Balaban J connectivity index is 1.21.